The minimum atomic E-state index is -1.84. The zero-order valence-electron chi connectivity index (χ0n) is 67.5. The lowest BCUT2D eigenvalue weighted by atomic mass is 9.75. The molecule has 0 aromatic heterocycles. The van der Waals surface area contributed by atoms with Gasteiger partial charge in [-0.25, -0.2) is 0 Å². The second-order valence-corrected chi connectivity index (χ2v) is 32.3. The summed E-state index contributed by atoms with van der Waals surface area (Å²) in [5.41, 5.74) is 29.2. The number of nitrogens with zero attached hydrogens (tertiary/aromatic N) is 2. The number of guanidine groups is 2. The second-order valence-electron chi connectivity index (χ2n) is 31.3. The van der Waals surface area contributed by atoms with Gasteiger partial charge >= 0.3 is 5.97 Å². The van der Waals surface area contributed by atoms with Crippen molar-refractivity contribution in [1.29, 1.82) is 0 Å². The van der Waals surface area contributed by atoms with Gasteiger partial charge in [0, 0.05) is 99.8 Å². The third-order valence-electron chi connectivity index (χ3n) is 20.4. The fraction of sp³-hybridized carbons (Fsp3) is 0.642. The standard InChI is InChI=1S/C81H126N14O16S/c1-13-49(11)57-41-66(98)55(47(7)8)39-69(101)73(50(12)14-2)95-75(107)54(34-46(5)6)38-67(99)60(35-51-23-17-15-18-24-51)89-71(103)44-112-43-63(64(96)29-30-70(82)102)94-77(109)59(28-22-32-88-81(85)86)91-78(110)61(36-52-25-19-16-20-26-52)93-76(108)56(48(9)10)40-68(100)58(27-21-31-87-80(83)84)90-79(111)62(42-72(104)105)92-74(106)53(33-45(3)4)37-65(57)97/h15-20,23-26,45-50,53-63,73H,13-14,21-22,27-44H2,1-12H3,(H2,82,102)(H,89,103)(H,90,111)(H,91,110)(H,92,106)(H,93,108)(H,94,109)(H,95,107)(H,104,105)(H4,83,84,87)(H4,85,86,88)/t49-,50-,53+,54+,55-,56-,57-,58-,59-,60-,61-,62-,63-,73-/m0/s1. The molecule has 14 atom stereocenters. The number of carboxylic acids is 1. The quantitative estimate of drug-likeness (QED) is 0.0319. The molecule has 2 aromatic rings. The number of thioether (sulfide) groups is 1. The smallest absolute Gasteiger partial charge is 0.305 e. The Morgan fingerprint density at radius 1 is 0.464 bits per heavy atom. The van der Waals surface area contributed by atoms with Crippen LogP contribution in [0.15, 0.2) is 70.6 Å². The molecule has 1 aliphatic rings. The van der Waals surface area contributed by atoms with Gasteiger partial charge in [0.05, 0.1) is 36.3 Å². The van der Waals surface area contributed by atoms with Crippen molar-refractivity contribution in [2.24, 2.45) is 104 Å². The maximum Gasteiger partial charge on any atom is 0.305 e. The summed E-state index contributed by atoms with van der Waals surface area (Å²) in [6, 6.07) is 7.25. The Hall–Kier alpha value is -9.42. The molecule has 1 aliphatic heterocycles. The third-order valence-corrected chi connectivity index (χ3v) is 21.4. The van der Waals surface area contributed by atoms with E-state index in [0.717, 1.165) is 11.8 Å². The highest BCUT2D eigenvalue weighted by Crippen LogP contribution is 2.32. The van der Waals surface area contributed by atoms with Crippen molar-refractivity contribution in [3.05, 3.63) is 71.8 Å². The highest BCUT2D eigenvalue weighted by atomic mass is 32.2. The number of aliphatic carboxylic acids is 1. The number of hydrogen-bond acceptors (Lipinski definition) is 18. The van der Waals surface area contributed by atoms with E-state index in [4.69, 9.17) is 28.7 Å². The summed E-state index contributed by atoms with van der Waals surface area (Å²) in [6.07, 6.45) is -3.18. The topological polar surface area (TPSA) is 515 Å². The molecule has 622 valence electrons. The van der Waals surface area contributed by atoms with E-state index in [1.807, 2.05) is 27.7 Å². The molecular weight excluding hydrogens is 1460 g/mol. The number of nitrogens with one attached hydrogen (secondary N) is 7. The molecule has 8 amide bonds. The van der Waals surface area contributed by atoms with Gasteiger partial charge in [-0.05, 0) is 91.6 Å². The molecule has 3 rings (SSSR count). The molecule has 0 bridgehead atoms. The molecule has 0 saturated carbocycles. The van der Waals surface area contributed by atoms with Crippen LogP contribution in [0.3, 0.4) is 0 Å². The first-order chi connectivity index (χ1) is 52.7. The number of rotatable bonds is 28. The summed E-state index contributed by atoms with van der Waals surface area (Å²) in [5.74, 6) is -20.4. The average molecular weight is 1580 g/mol. The Kier molecular flexibility index (Phi) is 43.1. The molecule has 1 saturated heterocycles. The Labute approximate surface area is 663 Å². The molecule has 2 aromatic carbocycles. The van der Waals surface area contributed by atoms with Crippen LogP contribution in [-0.4, -0.2) is 172 Å². The molecule has 1 fully saturated rings. The fourth-order valence-electron chi connectivity index (χ4n) is 13.5. The number of Topliss-reactive ketones (excluding diaryl/α,β-unsaturated/α-hetero) is 6. The summed E-state index contributed by atoms with van der Waals surface area (Å²) >= 11 is 0.898. The summed E-state index contributed by atoms with van der Waals surface area (Å²) < 4.78 is 0. The van der Waals surface area contributed by atoms with Crippen LogP contribution in [0.5, 0.6) is 0 Å². The van der Waals surface area contributed by atoms with Gasteiger partial charge in [-0.15, -0.1) is 11.8 Å². The van der Waals surface area contributed by atoms with Gasteiger partial charge in [0.15, 0.2) is 35.1 Å². The summed E-state index contributed by atoms with van der Waals surface area (Å²) in [4.78, 5) is 224. The second kappa shape index (κ2) is 49.8. The molecule has 18 N–H and O–H groups in total. The molecule has 0 radical (unpaired) electrons. The Morgan fingerprint density at radius 3 is 1.40 bits per heavy atom. The lowest BCUT2D eigenvalue weighted by molar-refractivity contribution is -0.142. The van der Waals surface area contributed by atoms with Crippen molar-refractivity contribution >= 4 is 112 Å². The summed E-state index contributed by atoms with van der Waals surface area (Å²) in [5, 5.41) is 29.4. The van der Waals surface area contributed by atoms with Gasteiger partial charge in [0.2, 0.25) is 47.3 Å². The third kappa shape index (κ3) is 35.5. The molecule has 31 heteroatoms. The van der Waals surface area contributed by atoms with E-state index in [1.54, 1.807) is 116 Å². The first-order valence-electron chi connectivity index (χ1n) is 39.3. The molecular formula is C81H126N14O16S. The lowest BCUT2D eigenvalue weighted by Crippen LogP contribution is -2.57. The molecule has 1 heterocycles. The van der Waals surface area contributed by atoms with Crippen molar-refractivity contribution in [3.63, 3.8) is 0 Å². The molecule has 0 aliphatic carbocycles. The van der Waals surface area contributed by atoms with Crippen LogP contribution < -0.4 is 65.9 Å². The number of carboxylic acid groups (broad SMARTS) is 1. The van der Waals surface area contributed by atoms with E-state index in [2.05, 4.69) is 47.2 Å². The number of amides is 8. The zero-order chi connectivity index (χ0) is 84.1. The van der Waals surface area contributed by atoms with E-state index in [-0.39, 0.29) is 113 Å². The molecule has 0 spiro atoms. The molecule has 30 nitrogen and oxygen atoms in total. The van der Waals surface area contributed by atoms with Crippen LogP contribution in [0, 0.1) is 65.1 Å². The predicted octanol–water partition coefficient (Wildman–Crippen LogP) is 4.40. The SMILES string of the molecule is CC[C@H](C)[C@@H]1CC(=O)[C@H](C(C)C)CC(=O)[C@H]([C@@H](C)CC)NC(=O)[C@H](CC(C)C)CC(=O)[C@H](Cc2ccccc2)NC(=O)CSC[C@@H](C(=O)CCC(N)=O)NC(=O)[C@H](CCCN=C(N)N)NC(=O)[C@H](Cc2ccccc2)NC(=O)[C@H](C(C)C)CC(=O)[C@H](CCCN=C(N)N)NC(=O)[C@H](CC(=O)O)NC(=O)[C@H](CC(C)C)CC1=O. The molecule has 112 heavy (non-hydrogen) atoms. The number of carbonyl (C=O) groups is 15. The van der Waals surface area contributed by atoms with E-state index in [1.165, 1.54) is 0 Å². The van der Waals surface area contributed by atoms with Crippen LogP contribution in [0.4, 0.5) is 0 Å². The summed E-state index contributed by atoms with van der Waals surface area (Å²) in [7, 11) is 0. The van der Waals surface area contributed by atoms with Crippen molar-refractivity contribution in [3.8, 4) is 0 Å². The average Bonchev–Trinajstić information content (AvgIpc) is 0.857. The van der Waals surface area contributed by atoms with Crippen molar-refractivity contribution in [2.45, 2.75) is 241 Å². The van der Waals surface area contributed by atoms with Gasteiger partial charge in [-0.1, -0.05) is 157 Å². The van der Waals surface area contributed by atoms with Gasteiger partial charge in [0.1, 0.15) is 29.7 Å². The molecule has 0 unspecified atom stereocenters. The minimum Gasteiger partial charge on any atom is -0.481 e. The zero-order valence-corrected chi connectivity index (χ0v) is 68.3. The van der Waals surface area contributed by atoms with Crippen molar-refractivity contribution in [2.75, 3.05) is 24.6 Å². The number of ketones is 6. The number of primary amides is 1. The van der Waals surface area contributed by atoms with E-state index in [0.29, 0.717) is 24.0 Å². The largest absolute Gasteiger partial charge is 0.481 e. The summed E-state index contributed by atoms with van der Waals surface area (Å²) in [6.45, 7) is 21.4. The van der Waals surface area contributed by atoms with E-state index < -0.39 is 221 Å². The monoisotopic (exact) mass is 1580 g/mol. The van der Waals surface area contributed by atoms with Crippen LogP contribution in [0.25, 0.3) is 0 Å². The van der Waals surface area contributed by atoms with Crippen LogP contribution >= 0.6 is 11.8 Å². The maximum atomic E-state index is 15.0. The van der Waals surface area contributed by atoms with Crippen molar-refractivity contribution < 1.29 is 77.0 Å². The number of nitrogens with two attached hydrogens (primary N) is 5. The van der Waals surface area contributed by atoms with Gasteiger partial charge < -0.3 is 71.0 Å². The Balaban J connectivity index is 2.37. The van der Waals surface area contributed by atoms with Crippen LogP contribution in [-0.2, 0) is 84.8 Å². The van der Waals surface area contributed by atoms with Crippen LogP contribution in [0.1, 0.15) is 197 Å². The minimum absolute atomic E-state index is 0.00451. The number of benzene rings is 2. The number of hydrogen-bond donors (Lipinski definition) is 13. The Bertz CT molecular complexity index is 3550. The Morgan fingerprint density at radius 2 is 0.902 bits per heavy atom. The number of aliphatic imine (C=N–C) groups is 2. The fourth-order valence-corrected chi connectivity index (χ4v) is 14.4. The van der Waals surface area contributed by atoms with E-state index >= 15 is 0 Å². The maximum absolute atomic E-state index is 15.0. The van der Waals surface area contributed by atoms with E-state index in [9.17, 15) is 77.0 Å². The first kappa shape index (κ1) is 96.8. The normalized spacial score (nSPS) is 24.4. The highest BCUT2D eigenvalue weighted by Gasteiger charge is 2.41. The van der Waals surface area contributed by atoms with Gasteiger partial charge in [-0.3, -0.25) is 81.9 Å². The van der Waals surface area contributed by atoms with Crippen molar-refractivity contribution in [1.82, 2.24) is 37.2 Å². The highest BCUT2D eigenvalue weighted by molar-refractivity contribution is 8.00. The van der Waals surface area contributed by atoms with Crippen LogP contribution in [0.2, 0.25) is 0 Å². The lowest BCUT2D eigenvalue weighted by Gasteiger charge is -2.30. The van der Waals surface area contributed by atoms with Gasteiger partial charge in [0.25, 0.3) is 0 Å². The first-order valence-corrected chi connectivity index (χ1v) is 40.4. The predicted molar refractivity (Wildman–Crippen MR) is 430 cm³/mol. The number of carbonyl (C=O) groups excluding carboxylic acids is 14. The van der Waals surface area contributed by atoms with Gasteiger partial charge in [-0.2, -0.15) is 0 Å².